The van der Waals surface area contributed by atoms with Gasteiger partial charge in [-0.15, -0.1) is 0 Å². The molecule has 20 heavy (non-hydrogen) atoms. The van der Waals surface area contributed by atoms with Gasteiger partial charge in [-0.05, 0) is 31.0 Å². The van der Waals surface area contributed by atoms with Crippen LogP contribution in [0.4, 0.5) is 5.69 Å². The molecular formula is C12H19N3O4S. The van der Waals surface area contributed by atoms with Crippen molar-refractivity contribution in [3.63, 3.8) is 0 Å². The predicted molar refractivity (Wildman–Crippen MR) is 75.7 cm³/mol. The SMILES string of the molecule is COCCC(N)C(=O)Nc1cc(S(N)(=O)=O)ccc1C. The van der Waals surface area contributed by atoms with Crippen molar-refractivity contribution in [1.29, 1.82) is 0 Å². The van der Waals surface area contributed by atoms with Crippen molar-refractivity contribution in [3.05, 3.63) is 23.8 Å². The minimum Gasteiger partial charge on any atom is -0.385 e. The van der Waals surface area contributed by atoms with Crippen LogP contribution >= 0.6 is 0 Å². The number of rotatable bonds is 6. The third-order valence-corrected chi connectivity index (χ3v) is 3.68. The number of anilines is 1. The number of carbonyl (C=O) groups excluding carboxylic acids is 1. The highest BCUT2D eigenvalue weighted by Gasteiger charge is 2.16. The van der Waals surface area contributed by atoms with Gasteiger partial charge in [0.25, 0.3) is 0 Å². The number of aryl methyl sites for hydroxylation is 1. The van der Waals surface area contributed by atoms with Crippen LogP contribution in [0.5, 0.6) is 0 Å². The first-order valence-corrected chi connectivity index (χ1v) is 7.49. The van der Waals surface area contributed by atoms with Crippen LogP contribution in [0.3, 0.4) is 0 Å². The van der Waals surface area contributed by atoms with Crippen LogP contribution in [0.15, 0.2) is 23.1 Å². The summed E-state index contributed by atoms with van der Waals surface area (Å²) in [5.74, 6) is -0.406. The lowest BCUT2D eigenvalue weighted by Crippen LogP contribution is -2.36. The molecule has 0 saturated carbocycles. The Balaban J connectivity index is 2.89. The molecule has 1 aromatic rings. The zero-order valence-corrected chi connectivity index (χ0v) is 12.2. The zero-order valence-electron chi connectivity index (χ0n) is 11.4. The second kappa shape index (κ2) is 6.80. The standard InChI is InChI=1S/C12H19N3O4S/c1-8-3-4-9(20(14,17)18)7-11(8)15-12(16)10(13)5-6-19-2/h3-4,7,10H,5-6,13H2,1-2H3,(H,15,16)(H2,14,17,18). The highest BCUT2D eigenvalue weighted by Crippen LogP contribution is 2.19. The van der Waals surface area contributed by atoms with Gasteiger partial charge in [-0.3, -0.25) is 4.79 Å². The Morgan fingerprint density at radius 3 is 2.65 bits per heavy atom. The van der Waals surface area contributed by atoms with E-state index in [-0.39, 0.29) is 4.90 Å². The summed E-state index contributed by atoms with van der Waals surface area (Å²) in [5, 5.41) is 7.64. The minimum atomic E-state index is -3.81. The molecule has 0 fully saturated rings. The third-order valence-electron chi connectivity index (χ3n) is 2.77. The Hall–Kier alpha value is -1.48. The highest BCUT2D eigenvalue weighted by atomic mass is 32.2. The number of carbonyl (C=O) groups is 1. The largest absolute Gasteiger partial charge is 0.385 e. The molecule has 0 bridgehead atoms. The van der Waals surface area contributed by atoms with Gasteiger partial charge in [-0.1, -0.05) is 6.07 Å². The molecule has 0 heterocycles. The van der Waals surface area contributed by atoms with Crippen LogP contribution in [0, 0.1) is 6.92 Å². The fraction of sp³-hybridized carbons (Fsp3) is 0.417. The van der Waals surface area contributed by atoms with Gasteiger partial charge >= 0.3 is 0 Å². The Morgan fingerprint density at radius 2 is 2.10 bits per heavy atom. The Labute approximate surface area is 118 Å². The van der Waals surface area contributed by atoms with Gasteiger partial charge in [0.2, 0.25) is 15.9 Å². The molecule has 0 radical (unpaired) electrons. The number of ether oxygens (including phenoxy) is 1. The number of hydrogen-bond donors (Lipinski definition) is 3. The number of hydrogen-bond acceptors (Lipinski definition) is 5. The fourth-order valence-corrected chi connectivity index (χ4v) is 2.05. The third kappa shape index (κ3) is 4.57. The molecule has 0 aliphatic carbocycles. The van der Waals surface area contributed by atoms with E-state index in [0.29, 0.717) is 24.3 Å². The van der Waals surface area contributed by atoms with E-state index in [1.165, 1.54) is 19.2 Å². The summed E-state index contributed by atoms with van der Waals surface area (Å²) in [6.45, 7) is 2.11. The average Bonchev–Trinajstić information content (AvgIpc) is 2.37. The minimum absolute atomic E-state index is 0.0659. The lowest BCUT2D eigenvalue weighted by atomic mass is 10.1. The summed E-state index contributed by atoms with van der Waals surface area (Å²) < 4.78 is 27.4. The molecule has 0 aliphatic heterocycles. The first-order chi connectivity index (χ1) is 9.25. The maximum Gasteiger partial charge on any atom is 0.241 e. The molecule has 1 atom stereocenters. The summed E-state index contributed by atoms with van der Waals surface area (Å²) in [6, 6.07) is 3.53. The monoisotopic (exact) mass is 301 g/mol. The van der Waals surface area contributed by atoms with E-state index >= 15 is 0 Å². The summed E-state index contributed by atoms with van der Waals surface area (Å²) in [5.41, 5.74) is 6.77. The van der Waals surface area contributed by atoms with Crippen LogP contribution in [-0.4, -0.2) is 34.1 Å². The van der Waals surface area contributed by atoms with Crippen LogP contribution in [0.25, 0.3) is 0 Å². The van der Waals surface area contributed by atoms with E-state index in [1.54, 1.807) is 13.0 Å². The number of primary sulfonamides is 1. The zero-order chi connectivity index (χ0) is 15.3. The lowest BCUT2D eigenvalue weighted by molar-refractivity contribution is -0.117. The van der Waals surface area contributed by atoms with Crippen molar-refractivity contribution in [3.8, 4) is 0 Å². The van der Waals surface area contributed by atoms with Crippen molar-refractivity contribution < 1.29 is 17.9 Å². The summed E-state index contributed by atoms with van der Waals surface area (Å²) >= 11 is 0. The number of nitrogens with two attached hydrogens (primary N) is 2. The van der Waals surface area contributed by atoms with Gasteiger partial charge in [-0.25, -0.2) is 13.6 Å². The topological polar surface area (TPSA) is 125 Å². The normalized spacial score (nSPS) is 13.0. The first-order valence-electron chi connectivity index (χ1n) is 5.94. The van der Waals surface area contributed by atoms with E-state index in [1.807, 2.05) is 0 Å². The van der Waals surface area contributed by atoms with Gasteiger partial charge < -0.3 is 15.8 Å². The first kappa shape index (κ1) is 16.6. The maximum atomic E-state index is 11.9. The van der Waals surface area contributed by atoms with E-state index in [2.05, 4.69) is 5.32 Å². The molecule has 7 nitrogen and oxygen atoms in total. The molecule has 1 aromatic carbocycles. The van der Waals surface area contributed by atoms with Crippen LogP contribution in [0.2, 0.25) is 0 Å². The van der Waals surface area contributed by atoms with Crippen LogP contribution in [-0.2, 0) is 19.6 Å². The second-order valence-electron chi connectivity index (χ2n) is 4.40. The van der Waals surface area contributed by atoms with Gasteiger partial charge in [0.15, 0.2) is 0 Å². The maximum absolute atomic E-state index is 11.9. The molecule has 112 valence electrons. The summed E-state index contributed by atoms with van der Waals surface area (Å²) in [6.07, 6.45) is 0.371. The Kier molecular flexibility index (Phi) is 5.63. The van der Waals surface area contributed by atoms with Crippen molar-refractivity contribution >= 4 is 21.6 Å². The smallest absolute Gasteiger partial charge is 0.241 e. The number of nitrogens with one attached hydrogen (secondary N) is 1. The number of amides is 1. The molecule has 1 amide bonds. The van der Waals surface area contributed by atoms with Crippen LogP contribution in [0.1, 0.15) is 12.0 Å². The van der Waals surface area contributed by atoms with Crippen molar-refractivity contribution in [2.45, 2.75) is 24.3 Å². The van der Waals surface area contributed by atoms with E-state index in [0.717, 1.165) is 0 Å². The molecule has 0 spiro atoms. The highest BCUT2D eigenvalue weighted by molar-refractivity contribution is 7.89. The van der Waals surface area contributed by atoms with E-state index < -0.39 is 22.0 Å². The van der Waals surface area contributed by atoms with Gasteiger partial charge in [-0.2, -0.15) is 0 Å². The fourth-order valence-electron chi connectivity index (χ4n) is 1.51. The Bertz CT molecular complexity index is 586. The number of sulfonamides is 1. The molecule has 1 rings (SSSR count). The molecule has 0 aromatic heterocycles. The number of methoxy groups -OCH3 is 1. The second-order valence-corrected chi connectivity index (χ2v) is 5.96. The van der Waals surface area contributed by atoms with Gasteiger partial charge in [0.05, 0.1) is 10.9 Å². The lowest BCUT2D eigenvalue weighted by Gasteiger charge is -2.14. The van der Waals surface area contributed by atoms with Gasteiger partial charge in [0, 0.05) is 19.4 Å². The quantitative estimate of drug-likeness (QED) is 0.679. The average molecular weight is 301 g/mol. The number of benzene rings is 1. The van der Waals surface area contributed by atoms with Gasteiger partial charge in [0.1, 0.15) is 0 Å². The molecule has 8 heteroatoms. The molecule has 1 unspecified atom stereocenters. The summed E-state index contributed by atoms with van der Waals surface area (Å²) in [4.78, 5) is 11.8. The Morgan fingerprint density at radius 1 is 1.45 bits per heavy atom. The van der Waals surface area contributed by atoms with E-state index in [4.69, 9.17) is 15.6 Å². The molecular weight excluding hydrogens is 282 g/mol. The van der Waals surface area contributed by atoms with Crippen molar-refractivity contribution in [2.24, 2.45) is 10.9 Å². The molecule has 0 saturated heterocycles. The van der Waals surface area contributed by atoms with E-state index in [9.17, 15) is 13.2 Å². The molecule has 5 N–H and O–H groups in total. The van der Waals surface area contributed by atoms with Crippen LogP contribution < -0.4 is 16.2 Å². The predicted octanol–water partition coefficient (Wildman–Crippen LogP) is -0.0553. The molecule has 0 aliphatic rings. The summed E-state index contributed by atoms with van der Waals surface area (Å²) in [7, 11) is -2.30. The van der Waals surface area contributed by atoms with Crippen molar-refractivity contribution in [1.82, 2.24) is 0 Å². The van der Waals surface area contributed by atoms with Crippen molar-refractivity contribution in [2.75, 3.05) is 19.0 Å².